The number of hydrogen-bond acceptors (Lipinski definition) is 2. The molecule has 0 spiro atoms. The zero-order valence-electron chi connectivity index (χ0n) is 9.47. The molecule has 1 aromatic carbocycles. The molecule has 1 N–H and O–H groups in total. The molecule has 2 nitrogen and oxygen atoms in total. The van der Waals surface area contributed by atoms with E-state index in [4.69, 9.17) is 0 Å². The Hall–Kier alpha value is -0.690. The van der Waals surface area contributed by atoms with E-state index in [1.165, 1.54) is 6.07 Å². The van der Waals surface area contributed by atoms with Gasteiger partial charge in [0, 0.05) is 16.8 Å². The van der Waals surface area contributed by atoms with Gasteiger partial charge in [0.25, 0.3) is 5.91 Å². The average Bonchev–Trinajstić information content (AvgIpc) is 2.28. The molecule has 18 heavy (non-hydrogen) atoms. The zero-order valence-corrected chi connectivity index (χ0v) is 11.9. The van der Waals surface area contributed by atoms with Crippen molar-refractivity contribution >= 4 is 33.6 Å². The predicted molar refractivity (Wildman–Crippen MR) is 69.9 cm³/mol. The topological polar surface area (TPSA) is 29.1 Å². The minimum Gasteiger partial charge on any atom is -0.351 e. The third kappa shape index (κ3) is 4.20. The Balaban J connectivity index is 2.90. The molecule has 0 saturated carbocycles. The van der Waals surface area contributed by atoms with E-state index in [2.05, 4.69) is 21.2 Å². The fourth-order valence-electron chi connectivity index (χ4n) is 1.24. The normalized spacial score (nSPS) is 11.4. The first-order chi connectivity index (χ1) is 8.36. The van der Waals surface area contributed by atoms with Crippen molar-refractivity contribution in [2.75, 3.05) is 18.6 Å². The van der Waals surface area contributed by atoms with Crippen LogP contribution < -0.4 is 5.32 Å². The van der Waals surface area contributed by atoms with Crippen LogP contribution in [0.1, 0.15) is 15.9 Å². The fraction of sp³-hybridized carbons (Fsp3) is 0.364. The lowest BCUT2D eigenvalue weighted by atomic mass is 10.1. The molecule has 0 bridgehead atoms. The molecule has 7 heteroatoms. The minimum absolute atomic E-state index is 0.00840. The molecule has 0 aliphatic rings. The summed E-state index contributed by atoms with van der Waals surface area (Å²) in [5.74, 6) is 0.199. The maximum absolute atomic E-state index is 12.5. The van der Waals surface area contributed by atoms with Crippen LogP contribution in [0.25, 0.3) is 0 Å². The maximum Gasteiger partial charge on any atom is 0.416 e. The summed E-state index contributed by atoms with van der Waals surface area (Å²) in [5.41, 5.74) is -0.841. The lowest BCUT2D eigenvalue weighted by Crippen LogP contribution is -2.26. The Morgan fingerprint density at radius 3 is 2.67 bits per heavy atom. The molecule has 0 radical (unpaired) electrons. The number of hydrogen-bond donors (Lipinski definition) is 1. The second-order valence-corrected chi connectivity index (χ2v) is 5.28. The molecule has 0 saturated heterocycles. The van der Waals surface area contributed by atoms with Crippen molar-refractivity contribution in [1.82, 2.24) is 5.32 Å². The van der Waals surface area contributed by atoms with Gasteiger partial charge in [0.05, 0.1) is 11.1 Å². The first-order valence-electron chi connectivity index (χ1n) is 5.00. The van der Waals surface area contributed by atoms with Gasteiger partial charge in [-0.15, -0.1) is 0 Å². The molecule has 0 aromatic heterocycles. The highest BCUT2D eigenvalue weighted by atomic mass is 79.9. The van der Waals surface area contributed by atoms with E-state index in [1.54, 1.807) is 11.8 Å². The Kier molecular flexibility index (Phi) is 5.52. The van der Waals surface area contributed by atoms with Crippen molar-refractivity contribution in [3.63, 3.8) is 0 Å². The quantitative estimate of drug-likeness (QED) is 0.848. The van der Waals surface area contributed by atoms with Crippen molar-refractivity contribution in [3.05, 3.63) is 33.8 Å². The van der Waals surface area contributed by atoms with E-state index in [0.29, 0.717) is 16.8 Å². The van der Waals surface area contributed by atoms with Crippen LogP contribution in [0, 0.1) is 0 Å². The number of rotatable bonds is 4. The van der Waals surface area contributed by atoms with Gasteiger partial charge in [-0.25, -0.2) is 0 Å². The summed E-state index contributed by atoms with van der Waals surface area (Å²) in [6.07, 6.45) is -2.57. The van der Waals surface area contributed by atoms with E-state index < -0.39 is 17.6 Å². The molecule has 0 unspecified atom stereocenters. The van der Waals surface area contributed by atoms with Crippen LogP contribution in [-0.2, 0) is 6.18 Å². The molecular formula is C11H11BrF3NOS. The summed E-state index contributed by atoms with van der Waals surface area (Å²) in [6.45, 7) is 0.419. The molecule has 1 amide bonds. The standard InChI is InChI=1S/C11H11BrF3NOS/c1-18-5-4-16-10(17)8-6-7(11(13,14)15)2-3-9(8)12/h2-3,6H,4-5H2,1H3,(H,16,17). The van der Waals surface area contributed by atoms with Crippen molar-refractivity contribution < 1.29 is 18.0 Å². The number of halogens is 4. The summed E-state index contributed by atoms with van der Waals surface area (Å²) in [6, 6.07) is 3.01. The van der Waals surface area contributed by atoms with Crippen molar-refractivity contribution in [2.45, 2.75) is 6.18 Å². The molecule has 0 heterocycles. The SMILES string of the molecule is CSCCNC(=O)c1cc(C(F)(F)F)ccc1Br. The first-order valence-corrected chi connectivity index (χ1v) is 7.19. The molecule has 0 fully saturated rings. The van der Waals surface area contributed by atoms with Gasteiger partial charge in [-0.2, -0.15) is 24.9 Å². The number of nitrogens with one attached hydrogen (secondary N) is 1. The van der Waals surface area contributed by atoms with E-state index in [1.807, 2.05) is 6.26 Å². The number of amides is 1. The van der Waals surface area contributed by atoms with Crippen molar-refractivity contribution in [2.24, 2.45) is 0 Å². The number of alkyl halides is 3. The predicted octanol–water partition coefficient (Wildman–Crippen LogP) is 3.56. The van der Waals surface area contributed by atoms with Gasteiger partial charge in [0.2, 0.25) is 0 Å². The molecule has 0 atom stereocenters. The highest BCUT2D eigenvalue weighted by Crippen LogP contribution is 2.31. The Morgan fingerprint density at radius 2 is 2.11 bits per heavy atom. The van der Waals surface area contributed by atoms with E-state index in [9.17, 15) is 18.0 Å². The van der Waals surface area contributed by atoms with Crippen LogP contribution in [0.5, 0.6) is 0 Å². The molecular weight excluding hydrogens is 331 g/mol. The van der Waals surface area contributed by atoms with Crippen LogP contribution in [-0.4, -0.2) is 24.5 Å². The maximum atomic E-state index is 12.5. The van der Waals surface area contributed by atoms with Gasteiger partial charge >= 0.3 is 6.18 Å². The summed E-state index contributed by atoms with van der Waals surface area (Å²) in [7, 11) is 0. The van der Waals surface area contributed by atoms with Gasteiger partial charge in [-0.05, 0) is 40.4 Å². The fourth-order valence-corrected chi connectivity index (χ4v) is 1.97. The van der Waals surface area contributed by atoms with E-state index in [-0.39, 0.29) is 5.56 Å². The van der Waals surface area contributed by atoms with Gasteiger partial charge in [-0.3, -0.25) is 4.79 Å². The second kappa shape index (κ2) is 6.47. The lowest BCUT2D eigenvalue weighted by molar-refractivity contribution is -0.137. The summed E-state index contributed by atoms with van der Waals surface area (Å²) in [5, 5.41) is 2.56. The Labute approximate surface area is 115 Å². The number of benzene rings is 1. The first kappa shape index (κ1) is 15.4. The van der Waals surface area contributed by atoms with Crippen LogP contribution >= 0.6 is 27.7 Å². The highest BCUT2D eigenvalue weighted by Gasteiger charge is 2.31. The Morgan fingerprint density at radius 1 is 1.44 bits per heavy atom. The zero-order chi connectivity index (χ0) is 13.8. The third-order valence-corrected chi connectivity index (χ3v) is 3.43. The van der Waals surface area contributed by atoms with Crippen LogP contribution in [0.3, 0.4) is 0 Å². The number of carbonyl (C=O) groups excluding carboxylic acids is 1. The highest BCUT2D eigenvalue weighted by molar-refractivity contribution is 9.10. The van der Waals surface area contributed by atoms with Gasteiger partial charge in [0.15, 0.2) is 0 Å². The number of thioether (sulfide) groups is 1. The van der Waals surface area contributed by atoms with Gasteiger partial charge in [-0.1, -0.05) is 0 Å². The van der Waals surface area contributed by atoms with Crippen LogP contribution in [0.4, 0.5) is 13.2 Å². The lowest BCUT2D eigenvalue weighted by Gasteiger charge is -2.10. The minimum atomic E-state index is -4.45. The Bertz CT molecular complexity index is 437. The van der Waals surface area contributed by atoms with E-state index >= 15 is 0 Å². The number of carbonyl (C=O) groups is 1. The molecule has 1 rings (SSSR count). The second-order valence-electron chi connectivity index (χ2n) is 3.44. The summed E-state index contributed by atoms with van der Waals surface area (Å²) >= 11 is 4.62. The van der Waals surface area contributed by atoms with Gasteiger partial charge < -0.3 is 5.32 Å². The van der Waals surface area contributed by atoms with Crippen molar-refractivity contribution in [3.8, 4) is 0 Å². The smallest absolute Gasteiger partial charge is 0.351 e. The molecule has 100 valence electrons. The summed E-state index contributed by atoms with van der Waals surface area (Å²) < 4.78 is 37.9. The molecule has 1 aromatic rings. The van der Waals surface area contributed by atoms with Crippen LogP contribution in [0.15, 0.2) is 22.7 Å². The third-order valence-electron chi connectivity index (χ3n) is 2.13. The molecule has 0 aliphatic heterocycles. The van der Waals surface area contributed by atoms with E-state index in [0.717, 1.165) is 12.1 Å². The molecule has 0 aliphatic carbocycles. The van der Waals surface area contributed by atoms with Crippen LogP contribution in [0.2, 0.25) is 0 Å². The monoisotopic (exact) mass is 341 g/mol. The van der Waals surface area contributed by atoms with Crippen molar-refractivity contribution in [1.29, 1.82) is 0 Å². The average molecular weight is 342 g/mol. The van der Waals surface area contributed by atoms with Gasteiger partial charge in [0.1, 0.15) is 0 Å². The summed E-state index contributed by atoms with van der Waals surface area (Å²) in [4.78, 5) is 11.7. The largest absolute Gasteiger partial charge is 0.416 e.